The highest BCUT2D eigenvalue weighted by Crippen LogP contribution is 2.44. The molecule has 0 spiro atoms. The van der Waals surface area contributed by atoms with E-state index in [0.29, 0.717) is 32.0 Å². The topological polar surface area (TPSA) is 29.3 Å². The van der Waals surface area contributed by atoms with E-state index in [-0.39, 0.29) is 11.8 Å². The van der Waals surface area contributed by atoms with Crippen molar-refractivity contribution in [3.63, 3.8) is 0 Å². The van der Waals surface area contributed by atoms with Gasteiger partial charge in [0, 0.05) is 13.1 Å². The number of hydrogen-bond acceptors (Lipinski definition) is 2. The molecule has 20 heavy (non-hydrogen) atoms. The lowest BCUT2D eigenvalue weighted by Gasteiger charge is -2.25. The van der Waals surface area contributed by atoms with Crippen LogP contribution in [0.1, 0.15) is 24.0 Å². The standard InChI is InChI=1S/C12H12F6N2/c13-11(14,15)7-5-8(12(16,17)18)10(9(19)6-7)20-3-1-2-4-20/h5-6H,1-4,19H2. The molecule has 8 heteroatoms. The highest BCUT2D eigenvalue weighted by Gasteiger charge is 2.40. The second kappa shape index (κ2) is 4.75. The van der Waals surface area contributed by atoms with Crippen LogP contribution in [-0.2, 0) is 12.4 Å². The molecule has 2 nitrogen and oxygen atoms in total. The molecule has 1 heterocycles. The zero-order valence-electron chi connectivity index (χ0n) is 10.3. The van der Waals surface area contributed by atoms with E-state index in [2.05, 4.69) is 0 Å². The normalized spacial score (nSPS) is 16.8. The van der Waals surface area contributed by atoms with Crippen molar-refractivity contribution in [3.05, 3.63) is 23.3 Å². The van der Waals surface area contributed by atoms with Crippen molar-refractivity contribution in [1.82, 2.24) is 0 Å². The van der Waals surface area contributed by atoms with Crippen LogP contribution in [0.4, 0.5) is 37.7 Å². The van der Waals surface area contributed by atoms with Gasteiger partial charge in [-0.3, -0.25) is 0 Å². The van der Waals surface area contributed by atoms with Crippen molar-refractivity contribution < 1.29 is 26.3 Å². The molecule has 0 aliphatic carbocycles. The third-order valence-corrected chi connectivity index (χ3v) is 3.19. The van der Waals surface area contributed by atoms with Gasteiger partial charge in [0.05, 0.1) is 22.5 Å². The van der Waals surface area contributed by atoms with Gasteiger partial charge in [0.15, 0.2) is 0 Å². The second-order valence-electron chi connectivity index (χ2n) is 4.65. The number of benzene rings is 1. The summed E-state index contributed by atoms with van der Waals surface area (Å²) >= 11 is 0. The summed E-state index contributed by atoms with van der Waals surface area (Å²) in [4.78, 5) is 1.39. The number of nitrogen functional groups attached to an aromatic ring is 1. The van der Waals surface area contributed by atoms with Crippen LogP contribution in [0.15, 0.2) is 12.1 Å². The summed E-state index contributed by atoms with van der Waals surface area (Å²) in [6.07, 6.45) is -8.36. The summed E-state index contributed by atoms with van der Waals surface area (Å²) in [6.45, 7) is 0.720. The third kappa shape index (κ3) is 2.78. The number of hydrogen-bond donors (Lipinski definition) is 1. The fourth-order valence-electron chi connectivity index (χ4n) is 2.33. The summed E-state index contributed by atoms with van der Waals surface area (Å²) in [5, 5.41) is 0. The summed E-state index contributed by atoms with van der Waals surface area (Å²) in [5.41, 5.74) is 1.91. The summed E-state index contributed by atoms with van der Waals surface area (Å²) in [6, 6.07) is 0.687. The molecule has 2 N–H and O–H groups in total. The van der Waals surface area contributed by atoms with Gasteiger partial charge in [0.1, 0.15) is 0 Å². The van der Waals surface area contributed by atoms with Gasteiger partial charge < -0.3 is 10.6 Å². The van der Waals surface area contributed by atoms with Gasteiger partial charge in [0.25, 0.3) is 0 Å². The quantitative estimate of drug-likeness (QED) is 0.629. The van der Waals surface area contributed by atoms with E-state index in [0.717, 1.165) is 0 Å². The van der Waals surface area contributed by atoms with E-state index in [1.807, 2.05) is 0 Å². The van der Waals surface area contributed by atoms with Crippen molar-refractivity contribution in [1.29, 1.82) is 0 Å². The van der Waals surface area contributed by atoms with Gasteiger partial charge in [-0.2, -0.15) is 26.3 Å². The number of anilines is 2. The lowest BCUT2D eigenvalue weighted by Crippen LogP contribution is -2.24. The number of halogens is 6. The van der Waals surface area contributed by atoms with Crippen molar-refractivity contribution >= 4 is 11.4 Å². The summed E-state index contributed by atoms with van der Waals surface area (Å²) in [5.74, 6) is 0. The molecular weight excluding hydrogens is 286 g/mol. The average Bonchev–Trinajstić information content (AvgIpc) is 2.78. The Bertz CT molecular complexity index is 500. The fraction of sp³-hybridized carbons (Fsp3) is 0.500. The predicted octanol–water partition coefficient (Wildman–Crippen LogP) is 3.91. The molecule has 0 atom stereocenters. The van der Waals surface area contributed by atoms with Crippen LogP contribution >= 0.6 is 0 Å². The highest BCUT2D eigenvalue weighted by molar-refractivity contribution is 5.74. The molecule has 0 radical (unpaired) electrons. The largest absolute Gasteiger partial charge is 0.418 e. The Kier molecular flexibility index (Phi) is 3.51. The molecule has 1 aromatic carbocycles. The van der Waals surface area contributed by atoms with Crippen molar-refractivity contribution in [3.8, 4) is 0 Å². The van der Waals surface area contributed by atoms with Crippen LogP contribution in [0.2, 0.25) is 0 Å². The average molecular weight is 298 g/mol. The van der Waals surface area contributed by atoms with E-state index in [1.165, 1.54) is 4.90 Å². The first kappa shape index (κ1) is 14.8. The minimum Gasteiger partial charge on any atom is -0.397 e. The molecule has 1 aliphatic rings. The minimum absolute atomic E-state index is 0.129. The van der Waals surface area contributed by atoms with Gasteiger partial charge >= 0.3 is 12.4 Å². The Morgan fingerprint density at radius 3 is 1.90 bits per heavy atom. The molecule has 0 aromatic heterocycles. The van der Waals surface area contributed by atoms with Crippen molar-refractivity contribution in [2.75, 3.05) is 23.7 Å². The van der Waals surface area contributed by atoms with Crippen molar-refractivity contribution in [2.45, 2.75) is 25.2 Å². The third-order valence-electron chi connectivity index (χ3n) is 3.19. The Labute approximate surface area is 111 Å². The lowest BCUT2D eigenvalue weighted by atomic mass is 10.0. The van der Waals surface area contributed by atoms with Gasteiger partial charge in [-0.05, 0) is 25.0 Å². The molecule has 112 valence electrons. The first-order valence-corrected chi connectivity index (χ1v) is 5.93. The molecule has 2 rings (SSSR count). The molecule has 1 aliphatic heterocycles. The Balaban J connectivity index is 2.61. The number of nitrogens with zero attached hydrogens (tertiary/aromatic N) is 1. The molecule has 0 saturated carbocycles. The van der Waals surface area contributed by atoms with Gasteiger partial charge in [-0.25, -0.2) is 0 Å². The van der Waals surface area contributed by atoms with E-state index < -0.39 is 29.2 Å². The van der Waals surface area contributed by atoms with Crippen LogP contribution in [0.25, 0.3) is 0 Å². The lowest BCUT2D eigenvalue weighted by molar-refractivity contribution is -0.142. The smallest absolute Gasteiger partial charge is 0.397 e. The van der Waals surface area contributed by atoms with Gasteiger partial charge in [-0.15, -0.1) is 0 Å². The molecule has 1 fully saturated rings. The zero-order chi connectivity index (χ0) is 15.1. The van der Waals surface area contributed by atoms with E-state index in [4.69, 9.17) is 5.73 Å². The fourth-order valence-corrected chi connectivity index (χ4v) is 2.33. The Morgan fingerprint density at radius 1 is 0.900 bits per heavy atom. The SMILES string of the molecule is Nc1cc(C(F)(F)F)cc(C(F)(F)F)c1N1CCCC1. The molecule has 0 unspecified atom stereocenters. The summed E-state index contributed by atoms with van der Waals surface area (Å²) < 4.78 is 76.8. The zero-order valence-corrected chi connectivity index (χ0v) is 10.3. The molecular formula is C12H12F6N2. The first-order valence-electron chi connectivity index (χ1n) is 5.93. The molecule has 0 bridgehead atoms. The van der Waals surface area contributed by atoms with Crippen LogP contribution in [0.3, 0.4) is 0 Å². The maximum absolute atomic E-state index is 13.0. The predicted molar refractivity (Wildman–Crippen MR) is 62.3 cm³/mol. The van der Waals surface area contributed by atoms with Gasteiger partial charge in [0.2, 0.25) is 0 Å². The Hall–Kier alpha value is -1.60. The molecule has 0 amide bonds. The monoisotopic (exact) mass is 298 g/mol. The van der Waals surface area contributed by atoms with E-state index in [9.17, 15) is 26.3 Å². The second-order valence-corrected chi connectivity index (χ2v) is 4.65. The first-order chi connectivity index (χ1) is 9.10. The van der Waals surface area contributed by atoms with E-state index >= 15 is 0 Å². The van der Waals surface area contributed by atoms with Gasteiger partial charge in [-0.1, -0.05) is 0 Å². The van der Waals surface area contributed by atoms with Crippen molar-refractivity contribution in [2.24, 2.45) is 0 Å². The van der Waals surface area contributed by atoms with E-state index in [1.54, 1.807) is 0 Å². The molecule has 1 aromatic rings. The highest BCUT2D eigenvalue weighted by atomic mass is 19.4. The van der Waals surface area contributed by atoms with Crippen LogP contribution in [0, 0.1) is 0 Å². The molecule has 1 saturated heterocycles. The Morgan fingerprint density at radius 2 is 1.45 bits per heavy atom. The summed E-state index contributed by atoms with van der Waals surface area (Å²) in [7, 11) is 0. The number of nitrogens with two attached hydrogens (primary N) is 1. The number of alkyl halides is 6. The number of rotatable bonds is 1. The maximum Gasteiger partial charge on any atom is 0.418 e. The van der Waals surface area contributed by atoms with Crippen LogP contribution < -0.4 is 10.6 Å². The van der Waals surface area contributed by atoms with Crippen LogP contribution in [-0.4, -0.2) is 13.1 Å². The maximum atomic E-state index is 13.0. The van der Waals surface area contributed by atoms with Crippen LogP contribution in [0.5, 0.6) is 0 Å². The minimum atomic E-state index is -4.88.